The van der Waals surface area contributed by atoms with Gasteiger partial charge in [-0.25, -0.2) is 0 Å². The molecule has 0 radical (unpaired) electrons. The summed E-state index contributed by atoms with van der Waals surface area (Å²) in [6.45, 7) is 5.09. The van der Waals surface area contributed by atoms with E-state index in [4.69, 9.17) is 4.74 Å². The molecular weight excluding hydrogens is 203 g/mol. The van der Waals surface area contributed by atoms with Gasteiger partial charge in [0.15, 0.2) is 0 Å². The van der Waals surface area contributed by atoms with Crippen molar-refractivity contribution < 1.29 is 19.2 Å². The highest BCUT2D eigenvalue weighted by molar-refractivity contribution is 7.50. The largest absolute Gasteiger partial charge is 0.631 e. The van der Waals surface area contributed by atoms with Crippen LogP contribution in [0.3, 0.4) is 0 Å². The Balaban J connectivity index is 3.59. The van der Waals surface area contributed by atoms with Crippen LogP contribution in [0.1, 0.15) is 20.3 Å². The second-order valence-electron chi connectivity index (χ2n) is 2.53. The minimum absolute atomic E-state index is 0.120. The fraction of sp³-hybridized carbons (Fsp3) is 0.778. The van der Waals surface area contributed by atoms with E-state index in [1.165, 1.54) is 5.80 Å². The number of ether oxygens (including phenoxy) is 2. The SMILES string of the molecule is CCOCC[P+]([O-])=CCC(=O)OCC. The molecule has 0 saturated heterocycles. The molecule has 0 aromatic heterocycles. The Bertz CT molecular complexity index is 191. The Morgan fingerprint density at radius 2 is 2.14 bits per heavy atom. The first-order valence-electron chi connectivity index (χ1n) is 4.71. The second kappa shape index (κ2) is 9.13. The zero-order chi connectivity index (χ0) is 10.8. The molecule has 4 nitrogen and oxygen atoms in total. The quantitative estimate of drug-likeness (QED) is 0.357. The normalized spacial score (nSPS) is 11.5. The third-order valence-electron chi connectivity index (χ3n) is 1.43. The molecule has 0 aromatic rings. The predicted octanol–water partition coefficient (Wildman–Crippen LogP) is 0.535. The molecule has 14 heavy (non-hydrogen) atoms. The molecule has 0 amide bonds. The van der Waals surface area contributed by atoms with Gasteiger partial charge < -0.3 is 14.4 Å². The van der Waals surface area contributed by atoms with Crippen molar-refractivity contribution in [1.82, 2.24) is 0 Å². The van der Waals surface area contributed by atoms with E-state index < -0.39 is 7.77 Å². The van der Waals surface area contributed by atoms with E-state index in [-0.39, 0.29) is 12.4 Å². The van der Waals surface area contributed by atoms with E-state index in [1.54, 1.807) is 6.92 Å². The third-order valence-corrected chi connectivity index (χ3v) is 2.64. The number of esters is 1. The maximum Gasteiger partial charge on any atom is 0.313 e. The van der Waals surface area contributed by atoms with Crippen LogP contribution in [0.15, 0.2) is 0 Å². The Labute approximate surface area is 85.7 Å². The number of hydrogen-bond donors (Lipinski definition) is 0. The van der Waals surface area contributed by atoms with Gasteiger partial charge >= 0.3 is 5.97 Å². The molecule has 0 saturated carbocycles. The van der Waals surface area contributed by atoms with Crippen LogP contribution in [0.25, 0.3) is 0 Å². The molecule has 0 aromatic carbocycles. The summed E-state index contributed by atoms with van der Waals surface area (Å²) < 4.78 is 9.73. The molecule has 0 aliphatic carbocycles. The summed E-state index contributed by atoms with van der Waals surface area (Å²) in [6, 6.07) is 0. The van der Waals surface area contributed by atoms with Crippen LogP contribution in [-0.2, 0) is 14.3 Å². The first kappa shape index (κ1) is 13.6. The van der Waals surface area contributed by atoms with Gasteiger partial charge in [0.2, 0.25) is 0 Å². The van der Waals surface area contributed by atoms with Gasteiger partial charge in [-0.15, -0.1) is 0 Å². The summed E-state index contributed by atoms with van der Waals surface area (Å²) in [5, 5.41) is 0. The fourth-order valence-electron chi connectivity index (χ4n) is 0.786. The first-order chi connectivity index (χ1) is 6.70. The summed E-state index contributed by atoms with van der Waals surface area (Å²) >= 11 is 0. The summed E-state index contributed by atoms with van der Waals surface area (Å²) in [6.07, 6.45) is 0.595. The lowest BCUT2D eigenvalue weighted by Crippen LogP contribution is -2.07. The Hall–Kier alpha value is -0.440. The Morgan fingerprint density at radius 3 is 2.71 bits per heavy atom. The Kier molecular flexibility index (Phi) is 8.84. The van der Waals surface area contributed by atoms with Gasteiger partial charge in [-0.05, 0) is 13.8 Å². The molecule has 0 spiro atoms. The monoisotopic (exact) mass is 220 g/mol. The van der Waals surface area contributed by atoms with E-state index >= 15 is 0 Å². The fourth-order valence-corrected chi connectivity index (χ4v) is 1.63. The van der Waals surface area contributed by atoms with E-state index in [9.17, 15) is 9.69 Å². The van der Waals surface area contributed by atoms with Gasteiger partial charge in [0, 0.05) is 14.4 Å². The number of rotatable bonds is 7. The van der Waals surface area contributed by atoms with Crippen molar-refractivity contribution in [2.45, 2.75) is 20.3 Å². The topological polar surface area (TPSA) is 58.6 Å². The lowest BCUT2D eigenvalue weighted by atomic mass is 10.5. The molecule has 5 heteroatoms. The van der Waals surface area contributed by atoms with Crippen molar-refractivity contribution in [2.24, 2.45) is 0 Å². The minimum Gasteiger partial charge on any atom is -0.631 e. The Morgan fingerprint density at radius 1 is 1.43 bits per heavy atom. The molecular formula is C9H17O4P. The molecule has 82 valence electrons. The zero-order valence-corrected chi connectivity index (χ0v) is 9.59. The van der Waals surface area contributed by atoms with Crippen LogP contribution < -0.4 is 4.89 Å². The van der Waals surface area contributed by atoms with Crippen molar-refractivity contribution in [2.75, 3.05) is 26.0 Å². The van der Waals surface area contributed by atoms with E-state index in [2.05, 4.69) is 4.74 Å². The van der Waals surface area contributed by atoms with Crippen molar-refractivity contribution in [3.8, 4) is 0 Å². The average molecular weight is 220 g/mol. The van der Waals surface area contributed by atoms with Crippen molar-refractivity contribution in [3.05, 3.63) is 0 Å². The maximum atomic E-state index is 11.2. The highest BCUT2D eigenvalue weighted by atomic mass is 31.1. The standard InChI is InChI=1S/C9H17O4P/c1-3-12-6-8-14(11)7-5-9(10)13-4-2/h7H,3-6,8H2,1-2H3. The molecule has 0 aliphatic heterocycles. The molecule has 0 aliphatic rings. The first-order valence-corrected chi connectivity index (χ1v) is 6.22. The van der Waals surface area contributed by atoms with E-state index in [0.29, 0.717) is 26.0 Å². The number of carbonyl (C=O) groups is 1. The van der Waals surface area contributed by atoms with Crippen molar-refractivity contribution in [3.63, 3.8) is 0 Å². The molecule has 0 fully saturated rings. The van der Waals surface area contributed by atoms with Crippen molar-refractivity contribution in [1.29, 1.82) is 0 Å². The van der Waals surface area contributed by atoms with Crippen LogP contribution in [-0.4, -0.2) is 37.7 Å². The van der Waals surface area contributed by atoms with Crippen molar-refractivity contribution >= 4 is 19.5 Å². The molecule has 0 heterocycles. The van der Waals surface area contributed by atoms with Crippen LogP contribution >= 0.6 is 7.77 Å². The lowest BCUT2D eigenvalue weighted by Gasteiger charge is -2.00. The summed E-state index contributed by atoms with van der Waals surface area (Å²) in [7, 11) is -1.44. The minimum atomic E-state index is -1.44. The number of carbonyl (C=O) groups excluding carboxylic acids is 1. The van der Waals surface area contributed by atoms with E-state index in [1.807, 2.05) is 6.92 Å². The molecule has 0 rings (SSSR count). The molecule has 0 bridgehead atoms. The summed E-state index contributed by atoms with van der Waals surface area (Å²) in [5.41, 5.74) is 0. The third kappa shape index (κ3) is 8.17. The zero-order valence-electron chi connectivity index (χ0n) is 8.69. The molecule has 0 N–H and O–H groups in total. The second-order valence-corrected chi connectivity index (χ2v) is 4.18. The van der Waals surface area contributed by atoms with Crippen LogP contribution in [0.2, 0.25) is 0 Å². The summed E-state index contributed by atoms with van der Waals surface area (Å²) in [4.78, 5) is 22.1. The van der Waals surface area contributed by atoms with Crippen LogP contribution in [0.4, 0.5) is 0 Å². The van der Waals surface area contributed by atoms with Gasteiger partial charge in [-0.2, -0.15) is 0 Å². The predicted molar refractivity (Wildman–Crippen MR) is 55.6 cm³/mol. The van der Waals surface area contributed by atoms with E-state index in [0.717, 1.165) is 0 Å². The van der Waals surface area contributed by atoms with Crippen LogP contribution in [0, 0.1) is 0 Å². The van der Waals surface area contributed by atoms with Gasteiger partial charge in [0.1, 0.15) is 12.6 Å². The molecule has 1 atom stereocenters. The lowest BCUT2D eigenvalue weighted by molar-refractivity contribution is -0.153. The van der Waals surface area contributed by atoms with Gasteiger partial charge in [0.05, 0.1) is 19.0 Å². The smallest absolute Gasteiger partial charge is 0.313 e. The highest BCUT2D eigenvalue weighted by Gasteiger charge is 2.02. The highest BCUT2D eigenvalue weighted by Crippen LogP contribution is 2.09. The van der Waals surface area contributed by atoms with Gasteiger partial charge in [-0.1, -0.05) is 0 Å². The average Bonchev–Trinajstić information content (AvgIpc) is 2.16. The van der Waals surface area contributed by atoms with Crippen LogP contribution in [0.5, 0.6) is 0 Å². The van der Waals surface area contributed by atoms with Gasteiger partial charge in [-0.3, -0.25) is 4.79 Å². The molecule has 1 unspecified atom stereocenters. The van der Waals surface area contributed by atoms with Gasteiger partial charge in [0.25, 0.3) is 0 Å². The number of hydrogen-bond acceptors (Lipinski definition) is 4. The summed E-state index contributed by atoms with van der Waals surface area (Å²) in [5.74, 6) is 1.17. The maximum absolute atomic E-state index is 11.2.